The Kier molecular flexibility index (Phi) is 2.55. The molecular weight excluding hydrogens is 170 g/mol. The predicted molar refractivity (Wildman–Crippen MR) is 48.9 cm³/mol. The lowest BCUT2D eigenvalue weighted by Gasteiger charge is -2.19. The molecule has 0 aliphatic carbocycles. The Morgan fingerprint density at radius 1 is 1.77 bits per heavy atom. The van der Waals surface area contributed by atoms with Gasteiger partial charge in [-0.3, -0.25) is 10.2 Å². The first-order valence-electron chi connectivity index (χ1n) is 4.04. The van der Waals surface area contributed by atoms with E-state index >= 15 is 0 Å². The minimum Gasteiger partial charge on any atom is -0.480 e. The molecule has 5 heteroatoms. The zero-order valence-corrected chi connectivity index (χ0v) is 7.74. The maximum absolute atomic E-state index is 10.5. The first-order chi connectivity index (χ1) is 6.02. The number of nitrogens with one attached hydrogen (secondary N) is 1. The number of carboxylic acid groups (broad SMARTS) is 1. The number of carboxylic acids is 1. The van der Waals surface area contributed by atoms with Crippen LogP contribution in [0.5, 0.6) is 0 Å². The molecule has 2 N–H and O–H groups in total. The van der Waals surface area contributed by atoms with E-state index in [1.165, 1.54) is 0 Å². The highest BCUT2D eigenvalue weighted by Gasteiger charge is 2.24. The maximum Gasteiger partial charge on any atom is 0.323 e. The standard InChI is InChI=1S/C8H13N3O2/c1-5(2)8-10-9-6(3)11(8)4-7(12)13/h5,9H,3-4H2,1-2H3,(H,12,13). The number of carbonyl (C=O) groups is 1. The van der Waals surface area contributed by atoms with Crippen molar-refractivity contribution in [3.8, 4) is 0 Å². The highest BCUT2D eigenvalue weighted by atomic mass is 16.4. The number of nitrogens with zero attached hydrogens (tertiary/aromatic N) is 2. The van der Waals surface area contributed by atoms with Gasteiger partial charge < -0.3 is 10.0 Å². The molecule has 0 fully saturated rings. The highest BCUT2D eigenvalue weighted by molar-refractivity contribution is 5.89. The summed E-state index contributed by atoms with van der Waals surface area (Å²) in [7, 11) is 0. The van der Waals surface area contributed by atoms with E-state index in [4.69, 9.17) is 5.11 Å². The van der Waals surface area contributed by atoms with Crippen LogP contribution < -0.4 is 5.43 Å². The molecule has 0 bridgehead atoms. The summed E-state index contributed by atoms with van der Waals surface area (Å²) in [6.07, 6.45) is 0. The molecule has 0 amide bonds. The lowest BCUT2D eigenvalue weighted by Crippen LogP contribution is -2.34. The largest absolute Gasteiger partial charge is 0.480 e. The first kappa shape index (κ1) is 9.57. The van der Waals surface area contributed by atoms with E-state index in [2.05, 4.69) is 17.1 Å². The van der Waals surface area contributed by atoms with Crippen LogP contribution in [0.3, 0.4) is 0 Å². The fourth-order valence-corrected chi connectivity index (χ4v) is 1.13. The van der Waals surface area contributed by atoms with Gasteiger partial charge in [-0.1, -0.05) is 20.4 Å². The van der Waals surface area contributed by atoms with E-state index in [0.717, 1.165) is 0 Å². The second-order valence-electron chi connectivity index (χ2n) is 3.16. The molecule has 72 valence electrons. The van der Waals surface area contributed by atoms with Crippen LogP contribution in [0.15, 0.2) is 17.5 Å². The van der Waals surface area contributed by atoms with E-state index in [9.17, 15) is 4.79 Å². The van der Waals surface area contributed by atoms with Crippen LogP contribution in [-0.4, -0.2) is 28.4 Å². The average Bonchev–Trinajstić information content (AvgIpc) is 2.32. The molecule has 0 unspecified atom stereocenters. The monoisotopic (exact) mass is 183 g/mol. The normalized spacial score (nSPS) is 16.1. The van der Waals surface area contributed by atoms with E-state index < -0.39 is 5.97 Å². The zero-order chi connectivity index (χ0) is 10.0. The van der Waals surface area contributed by atoms with Gasteiger partial charge >= 0.3 is 5.97 Å². The Morgan fingerprint density at radius 2 is 2.38 bits per heavy atom. The van der Waals surface area contributed by atoms with Crippen LogP contribution in [0.25, 0.3) is 0 Å². The van der Waals surface area contributed by atoms with Crippen molar-refractivity contribution >= 4 is 11.8 Å². The van der Waals surface area contributed by atoms with Gasteiger partial charge in [0.25, 0.3) is 0 Å². The summed E-state index contributed by atoms with van der Waals surface area (Å²) < 4.78 is 0. The van der Waals surface area contributed by atoms with Crippen LogP contribution >= 0.6 is 0 Å². The Morgan fingerprint density at radius 3 is 2.85 bits per heavy atom. The zero-order valence-electron chi connectivity index (χ0n) is 7.74. The van der Waals surface area contributed by atoms with E-state index in [1.807, 2.05) is 13.8 Å². The molecule has 0 aromatic heterocycles. The molecule has 1 heterocycles. The van der Waals surface area contributed by atoms with Crippen molar-refractivity contribution in [3.63, 3.8) is 0 Å². The van der Waals surface area contributed by atoms with Gasteiger partial charge in [0.2, 0.25) is 0 Å². The van der Waals surface area contributed by atoms with Crippen molar-refractivity contribution in [2.45, 2.75) is 13.8 Å². The van der Waals surface area contributed by atoms with Gasteiger partial charge in [-0.2, -0.15) is 5.10 Å². The maximum atomic E-state index is 10.5. The number of hydrazone groups is 1. The van der Waals surface area contributed by atoms with Gasteiger partial charge in [0.05, 0.1) is 0 Å². The minimum atomic E-state index is -0.891. The smallest absolute Gasteiger partial charge is 0.323 e. The van der Waals surface area contributed by atoms with Gasteiger partial charge in [0.15, 0.2) is 0 Å². The van der Waals surface area contributed by atoms with Crippen molar-refractivity contribution in [2.24, 2.45) is 11.0 Å². The van der Waals surface area contributed by atoms with Gasteiger partial charge in [0, 0.05) is 5.92 Å². The van der Waals surface area contributed by atoms with Gasteiger partial charge in [0.1, 0.15) is 18.2 Å². The molecule has 0 aromatic rings. The van der Waals surface area contributed by atoms with Gasteiger partial charge in [-0.15, -0.1) is 0 Å². The SMILES string of the molecule is C=C1NN=C(C(C)C)N1CC(=O)O. The number of amidine groups is 1. The highest BCUT2D eigenvalue weighted by Crippen LogP contribution is 2.13. The number of hydrogen-bond donors (Lipinski definition) is 2. The van der Waals surface area contributed by atoms with Gasteiger partial charge in [-0.25, -0.2) is 0 Å². The molecule has 0 saturated carbocycles. The number of rotatable bonds is 3. The molecule has 1 aliphatic rings. The number of hydrogen-bond acceptors (Lipinski definition) is 4. The third kappa shape index (κ3) is 1.99. The Labute approximate surface area is 76.7 Å². The van der Waals surface area contributed by atoms with Crippen molar-refractivity contribution in [3.05, 3.63) is 12.4 Å². The fraction of sp³-hybridized carbons (Fsp3) is 0.500. The molecule has 0 spiro atoms. The quantitative estimate of drug-likeness (QED) is 0.665. The summed E-state index contributed by atoms with van der Waals surface area (Å²) in [4.78, 5) is 12.1. The number of aliphatic carboxylic acids is 1. The summed E-state index contributed by atoms with van der Waals surface area (Å²) in [5.74, 6) is 0.530. The Bertz CT molecular complexity index is 271. The van der Waals surface area contributed by atoms with Crippen LogP contribution in [0.2, 0.25) is 0 Å². The summed E-state index contributed by atoms with van der Waals surface area (Å²) in [5.41, 5.74) is 2.66. The average molecular weight is 183 g/mol. The molecule has 0 radical (unpaired) electrons. The lowest BCUT2D eigenvalue weighted by molar-refractivity contribution is -0.137. The Hall–Kier alpha value is -1.52. The van der Waals surface area contributed by atoms with Crippen LogP contribution in [0.1, 0.15) is 13.8 Å². The molecule has 1 aliphatic heterocycles. The van der Waals surface area contributed by atoms with Crippen LogP contribution in [-0.2, 0) is 4.79 Å². The molecule has 5 nitrogen and oxygen atoms in total. The summed E-state index contributed by atoms with van der Waals surface area (Å²) in [6, 6.07) is 0. The second-order valence-corrected chi connectivity index (χ2v) is 3.16. The lowest BCUT2D eigenvalue weighted by atomic mass is 10.2. The molecule has 13 heavy (non-hydrogen) atoms. The molecule has 0 saturated heterocycles. The van der Waals surface area contributed by atoms with Crippen molar-refractivity contribution < 1.29 is 9.90 Å². The van der Waals surface area contributed by atoms with Crippen LogP contribution in [0.4, 0.5) is 0 Å². The van der Waals surface area contributed by atoms with E-state index in [1.54, 1.807) is 4.90 Å². The molecule has 1 rings (SSSR count). The van der Waals surface area contributed by atoms with Crippen molar-refractivity contribution in [1.82, 2.24) is 10.3 Å². The molecule has 0 aromatic carbocycles. The third-order valence-electron chi connectivity index (χ3n) is 1.71. The van der Waals surface area contributed by atoms with E-state index in [-0.39, 0.29) is 12.5 Å². The van der Waals surface area contributed by atoms with Crippen LogP contribution in [0, 0.1) is 5.92 Å². The minimum absolute atomic E-state index is 0.0944. The fourth-order valence-electron chi connectivity index (χ4n) is 1.13. The van der Waals surface area contributed by atoms with E-state index in [0.29, 0.717) is 11.7 Å². The van der Waals surface area contributed by atoms with Crippen molar-refractivity contribution in [2.75, 3.05) is 6.54 Å². The van der Waals surface area contributed by atoms with Gasteiger partial charge in [-0.05, 0) is 0 Å². The summed E-state index contributed by atoms with van der Waals surface area (Å²) >= 11 is 0. The topological polar surface area (TPSA) is 64.9 Å². The van der Waals surface area contributed by atoms with Crippen molar-refractivity contribution in [1.29, 1.82) is 0 Å². The third-order valence-corrected chi connectivity index (χ3v) is 1.71. The first-order valence-corrected chi connectivity index (χ1v) is 4.04. The summed E-state index contributed by atoms with van der Waals surface area (Å²) in [6.45, 7) is 7.47. The Balaban J connectivity index is 2.74. The molecule has 0 atom stereocenters. The second kappa shape index (κ2) is 3.47. The molecular formula is C8H13N3O2. The summed E-state index contributed by atoms with van der Waals surface area (Å²) in [5, 5.41) is 12.6. The predicted octanol–water partition coefficient (Wildman–Crippen LogP) is 0.417.